The van der Waals surface area contributed by atoms with Gasteiger partial charge in [-0.25, -0.2) is 4.99 Å². The third-order valence-corrected chi connectivity index (χ3v) is 5.02. The van der Waals surface area contributed by atoms with Crippen LogP contribution in [-0.2, 0) is 4.79 Å². The molecule has 22 heavy (non-hydrogen) atoms. The van der Waals surface area contributed by atoms with E-state index in [1.807, 2.05) is 11.8 Å². The van der Waals surface area contributed by atoms with Gasteiger partial charge in [0.15, 0.2) is 5.96 Å². The number of hydrogen-bond acceptors (Lipinski definition) is 3. The standard InChI is InChI=1S/C15H30N4OS.HI/c1-12(2)9-16-14(17-10-13(20)19(4)5)18-11-15(3)7-6-8-21-15;/h12H,6-11H2,1-5H3,(H2,16,17,18);1H. The van der Waals surface area contributed by atoms with E-state index in [0.717, 1.165) is 19.0 Å². The molecule has 1 amide bonds. The van der Waals surface area contributed by atoms with Gasteiger partial charge in [-0.15, -0.1) is 24.0 Å². The number of amides is 1. The first-order valence-electron chi connectivity index (χ1n) is 7.69. The van der Waals surface area contributed by atoms with Gasteiger partial charge in [-0.05, 0) is 31.4 Å². The maximum atomic E-state index is 11.7. The number of halogens is 1. The average Bonchev–Trinajstić information content (AvgIpc) is 2.84. The lowest BCUT2D eigenvalue weighted by atomic mass is 10.1. The van der Waals surface area contributed by atoms with Crippen LogP contribution in [-0.4, -0.2) is 61.0 Å². The van der Waals surface area contributed by atoms with Crippen LogP contribution in [0.5, 0.6) is 0 Å². The molecule has 0 aromatic heterocycles. The van der Waals surface area contributed by atoms with E-state index in [1.54, 1.807) is 19.0 Å². The van der Waals surface area contributed by atoms with Gasteiger partial charge in [0.1, 0.15) is 6.54 Å². The van der Waals surface area contributed by atoms with Gasteiger partial charge in [-0.1, -0.05) is 13.8 Å². The number of carbonyl (C=O) groups is 1. The van der Waals surface area contributed by atoms with Crippen LogP contribution in [0.1, 0.15) is 33.6 Å². The fraction of sp³-hybridized carbons (Fsp3) is 0.867. The van der Waals surface area contributed by atoms with E-state index in [9.17, 15) is 4.79 Å². The predicted molar refractivity (Wildman–Crippen MR) is 107 cm³/mol. The molecule has 7 heteroatoms. The molecule has 1 aliphatic rings. The van der Waals surface area contributed by atoms with Crippen LogP contribution in [0.2, 0.25) is 0 Å². The number of guanidine groups is 1. The third-order valence-electron chi connectivity index (χ3n) is 3.48. The van der Waals surface area contributed by atoms with Crippen molar-refractivity contribution < 1.29 is 4.79 Å². The largest absolute Gasteiger partial charge is 0.356 e. The summed E-state index contributed by atoms with van der Waals surface area (Å²) >= 11 is 2.02. The summed E-state index contributed by atoms with van der Waals surface area (Å²) < 4.78 is 0.284. The minimum absolute atomic E-state index is 0. The average molecular weight is 442 g/mol. The van der Waals surface area contributed by atoms with E-state index in [1.165, 1.54) is 18.6 Å². The quantitative estimate of drug-likeness (QED) is 0.376. The van der Waals surface area contributed by atoms with Gasteiger partial charge >= 0.3 is 0 Å². The molecule has 1 unspecified atom stereocenters. The lowest BCUT2D eigenvalue weighted by molar-refractivity contribution is -0.127. The van der Waals surface area contributed by atoms with E-state index >= 15 is 0 Å². The van der Waals surface area contributed by atoms with Gasteiger partial charge in [0.2, 0.25) is 5.91 Å². The number of nitrogens with one attached hydrogen (secondary N) is 2. The Morgan fingerprint density at radius 1 is 1.36 bits per heavy atom. The third kappa shape index (κ3) is 8.45. The molecule has 130 valence electrons. The molecule has 0 saturated carbocycles. The first kappa shape index (κ1) is 21.8. The number of carbonyl (C=O) groups excluding carboxylic acids is 1. The van der Waals surface area contributed by atoms with E-state index in [0.29, 0.717) is 5.92 Å². The summed E-state index contributed by atoms with van der Waals surface area (Å²) in [7, 11) is 3.51. The highest BCUT2D eigenvalue weighted by atomic mass is 127. The zero-order chi connectivity index (χ0) is 15.9. The zero-order valence-electron chi connectivity index (χ0n) is 14.4. The normalized spacial score (nSPS) is 21.5. The molecule has 1 heterocycles. The second-order valence-corrected chi connectivity index (χ2v) is 8.17. The molecular weight excluding hydrogens is 411 g/mol. The number of aliphatic imine (C=N–C) groups is 1. The van der Waals surface area contributed by atoms with Crippen molar-refractivity contribution in [2.45, 2.75) is 38.4 Å². The first-order valence-corrected chi connectivity index (χ1v) is 8.67. The first-order chi connectivity index (χ1) is 9.82. The highest BCUT2D eigenvalue weighted by Gasteiger charge is 2.29. The van der Waals surface area contributed by atoms with E-state index < -0.39 is 0 Å². The molecule has 0 bridgehead atoms. The van der Waals surface area contributed by atoms with Gasteiger partial charge in [0.25, 0.3) is 0 Å². The summed E-state index contributed by atoms with van der Waals surface area (Å²) in [5, 5.41) is 6.71. The molecule has 0 radical (unpaired) electrons. The molecule has 5 nitrogen and oxygen atoms in total. The number of rotatable bonds is 6. The highest BCUT2D eigenvalue weighted by Crippen LogP contribution is 2.36. The van der Waals surface area contributed by atoms with Gasteiger partial charge < -0.3 is 15.5 Å². The number of thioether (sulfide) groups is 1. The van der Waals surface area contributed by atoms with Crippen molar-refractivity contribution >= 4 is 47.6 Å². The van der Waals surface area contributed by atoms with Crippen molar-refractivity contribution in [2.24, 2.45) is 10.9 Å². The minimum Gasteiger partial charge on any atom is -0.356 e. The van der Waals surface area contributed by atoms with Crippen molar-refractivity contribution in [2.75, 3.05) is 39.5 Å². The number of likely N-dealkylation sites (N-methyl/N-ethyl adjacent to an activating group) is 1. The molecule has 2 N–H and O–H groups in total. The van der Waals surface area contributed by atoms with Crippen LogP contribution in [0.15, 0.2) is 4.99 Å². The van der Waals surface area contributed by atoms with Crippen molar-refractivity contribution in [3.05, 3.63) is 0 Å². The van der Waals surface area contributed by atoms with Crippen molar-refractivity contribution in [3.8, 4) is 0 Å². The van der Waals surface area contributed by atoms with Crippen molar-refractivity contribution in [1.29, 1.82) is 0 Å². The number of nitrogens with zero attached hydrogens (tertiary/aromatic N) is 2. The molecule has 0 aliphatic carbocycles. The Bertz CT molecular complexity index is 369. The Labute approximate surface area is 156 Å². The van der Waals surface area contributed by atoms with E-state index in [-0.39, 0.29) is 41.2 Å². The Hall–Kier alpha value is -0.180. The van der Waals surface area contributed by atoms with Crippen LogP contribution in [0.25, 0.3) is 0 Å². The maximum absolute atomic E-state index is 11.7. The molecular formula is C15H31IN4OS. The van der Waals surface area contributed by atoms with Crippen LogP contribution in [0.4, 0.5) is 0 Å². The summed E-state index contributed by atoms with van der Waals surface area (Å²) in [6, 6.07) is 0. The predicted octanol–water partition coefficient (Wildman–Crippen LogP) is 2.17. The molecule has 1 fully saturated rings. The lowest BCUT2D eigenvalue weighted by Gasteiger charge is -2.24. The lowest BCUT2D eigenvalue weighted by Crippen LogP contribution is -2.45. The summed E-state index contributed by atoms with van der Waals surface area (Å²) in [5.74, 6) is 2.54. The fourth-order valence-electron chi connectivity index (χ4n) is 2.01. The van der Waals surface area contributed by atoms with Crippen LogP contribution < -0.4 is 10.6 Å². The summed E-state index contributed by atoms with van der Waals surface area (Å²) in [6.45, 7) is 8.53. The minimum atomic E-state index is 0. The van der Waals surface area contributed by atoms with Crippen LogP contribution in [0, 0.1) is 5.92 Å². The maximum Gasteiger partial charge on any atom is 0.243 e. The van der Waals surface area contributed by atoms with E-state index in [4.69, 9.17) is 0 Å². The van der Waals surface area contributed by atoms with Gasteiger partial charge in [-0.2, -0.15) is 11.8 Å². The van der Waals surface area contributed by atoms with Crippen molar-refractivity contribution in [1.82, 2.24) is 15.5 Å². The topological polar surface area (TPSA) is 56.7 Å². The summed E-state index contributed by atoms with van der Waals surface area (Å²) in [5.41, 5.74) is 0. The molecule has 0 aromatic carbocycles. The molecule has 0 spiro atoms. The molecule has 1 aliphatic heterocycles. The Kier molecular flexibility index (Phi) is 10.5. The number of hydrogen-bond donors (Lipinski definition) is 2. The van der Waals surface area contributed by atoms with Gasteiger partial charge in [0.05, 0.1) is 0 Å². The monoisotopic (exact) mass is 442 g/mol. The van der Waals surface area contributed by atoms with Crippen molar-refractivity contribution in [3.63, 3.8) is 0 Å². The molecule has 0 aromatic rings. The van der Waals surface area contributed by atoms with E-state index in [2.05, 4.69) is 36.4 Å². The Balaban J connectivity index is 0.00000441. The van der Waals surface area contributed by atoms with Gasteiger partial charge in [-0.3, -0.25) is 4.79 Å². The molecule has 1 saturated heterocycles. The molecule has 1 rings (SSSR count). The van der Waals surface area contributed by atoms with Crippen LogP contribution in [0.3, 0.4) is 0 Å². The van der Waals surface area contributed by atoms with Crippen LogP contribution >= 0.6 is 35.7 Å². The second-order valence-electron chi connectivity index (χ2n) is 6.48. The zero-order valence-corrected chi connectivity index (χ0v) is 17.6. The highest BCUT2D eigenvalue weighted by molar-refractivity contribution is 14.0. The molecule has 1 atom stereocenters. The SMILES string of the molecule is CC(C)CNC(=NCC(=O)N(C)C)NCC1(C)CCCS1.I. The fourth-order valence-corrected chi connectivity index (χ4v) is 3.25. The van der Waals surface area contributed by atoms with Gasteiger partial charge in [0, 0.05) is 31.9 Å². The summed E-state index contributed by atoms with van der Waals surface area (Å²) in [4.78, 5) is 17.6. The Morgan fingerprint density at radius 2 is 2.05 bits per heavy atom. The smallest absolute Gasteiger partial charge is 0.243 e. The summed E-state index contributed by atoms with van der Waals surface area (Å²) in [6.07, 6.45) is 2.52. The second kappa shape index (κ2) is 10.6. The Morgan fingerprint density at radius 3 is 2.55 bits per heavy atom.